The van der Waals surface area contributed by atoms with Crippen molar-refractivity contribution in [3.05, 3.63) is 71.7 Å². The van der Waals surface area contributed by atoms with Gasteiger partial charge in [0.1, 0.15) is 11.6 Å². The summed E-state index contributed by atoms with van der Waals surface area (Å²) in [5.41, 5.74) is 7.13. The Hall–Kier alpha value is -4.52. The molecule has 0 aliphatic heterocycles. The fraction of sp³-hybridized carbons (Fsp3) is 0.174. The molecule has 0 unspecified atom stereocenters. The van der Waals surface area contributed by atoms with E-state index in [-0.39, 0.29) is 41.5 Å². The van der Waals surface area contributed by atoms with Crippen LogP contribution in [0.25, 0.3) is 0 Å². The predicted octanol–water partition coefficient (Wildman–Crippen LogP) is 3.29. The number of amides is 2. The SMILES string of the molecule is N#CN(C(=O)C1CC1)c1cccc(Nc2ncc(C(N)=O)c(NCc3cccc(F)c3)n2)c1. The summed E-state index contributed by atoms with van der Waals surface area (Å²) >= 11 is 0. The second-order valence-electron chi connectivity index (χ2n) is 7.53. The topological polar surface area (TPSA) is 137 Å². The maximum Gasteiger partial charge on any atom is 0.254 e. The van der Waals surface area contributed by atoms with E-state index >= 15 is 0 Å². The van der Waals surface area contributed by atoms with E-state index in [0.29, 0.717) is 16.9 Å². The lowest BCUT2D eigenvalue weighted by molar-refractivity contribution is -0.119. The Balaban J connectivity index is 1.54. The third-order valence-electron chi connectivity index (χ3n) is 5.01. The number of nitrogens with two attached hydrogens (primary N) is 1. The first-order valence-electron chi connectivity index (χ1n) is 10.2. The van der Waals surface area contributed by atoms with Gasteiger partial charge >= 0.3 is 0 Å². The number of hydrogen-bond acceptors (Lipinski definition) is 7. The summed E-state index contributed by atoms with van der Waals surface area (Å²) in [7, 11) is 0. The number of carbonyl (C=O) groups excluding carboxylic acids is 2. The van der Waals surface area contributed by atoms with Gasteiger partial charge in [-0.25, -0.2) is 14.3 Å². The molecule has 0 radical (unpaired) electrons. The van der Waals surface area contributed by atoms with E-state index < -0.39 is 5.91 Å². The molecule has 10 heteroatoms. The van der Waals surface area contributed by atoms with Crippen LogP contribution in [-0.2, 0) is 11.3 Å². The number of primary amides is 1. The van der Waals surface area contributed by atoms with Crippen LogP contribution in [0.15, 0.2) is 54.7 Å². The van der Waals surface area contributed by atoms with Crippen LogP contribution in [0, 0.1) is 23.2 Å². The van der Waals surface area contributed by atoms with Gasteiger partial charge in [-0.05, 0) is 48.7 Å². The van der Waals surface area contributed by atoms with Gasteiger partial charge < -0.3 is 16.4 Å². The van der Waals surface area contributed by atoms with E-state index in [1.165, 1.54) is 18.3 Å². The summed E-state index contributed by atoms with van der Waals surface area (Å²) < 4.78 is 13.4. The molecule has 33 heavy (non-hydrogen) atoms. The highest BCUT2D eigenvalue weighted by atomic mass is 19.1. The molecule has 0 saturated heterocycles. The molecule has 0 atom stereocenters. The molecule has 4 N–H and O–H groups in total. The Morgan fingerprint density at radius 1 is 1.21 bits per heavy atom. The molecule has 1 aliphatic carbocycles. The third-order valence-corrected chi connectivity index (χ3v) is 5.01. The Morgan fingerprint density at radius 3 is 2.70 bits per heavy atom. The molecule has 2 amide bonds. The van der Waals surface area contributed by atoms with Crippen LogP contribution in [0.4, 0.5) is 27.5 Å². The first kappa shape index (κ1) is 21.7. The van der Waals surface area contributed by atoms with Gasteiger partial charge in [-0.3, -0.25) is 9.59 Å². The molecule has 2 aromatic carbocycles. The lowest BCUT2D eigenvalue weighted by atomic mass is 10.2. The molecule has 1 fully saturated rings. The van der Waals surface area contributed by atoms with Crippen molar-refractivity contribution in [2.75, 3.05) is 15.5 Å². The van der Waals surface area contributed by atoms with E-state index in [1.54, 1.807) is 36.4 Å². The first-order valence-corrected chi connectivity index (χ1v) is 10.2. The zero-order valence-corrected chi connectivity index (χ0v) is 17.5. The van der Waals surface area contributed by atoms with Crippen molar-refractivity contribution in [3.8, 4) is 6.19 Å². The van der Waals surface area contributed by atoms with Crippen molar-refractivity contribution in [2.24, 2.45) is 11.7 Å². The van der Waals surface area contributed by atoms with Crippen LogP contribution in [0.3, 0.4) is 0 Å². The number of nitrogens with zero attached hydrogens (tertiary/aromatic N) is 4. The predicted molar refractivity (Wildman–Crippen MR) is 120 cm³/mol. The zero-order chi connectivity index (χ0) is 23.4. The average molecular weight is 445 g/mol. The molecular weight excluding hydrogens is 425 g/mol. The van der Waals surface area contributed by atoms with Gasteiger partial charge in [0, 0.05) is 24.3 Å². The van der Waals surface area contributed by atoms with Crippen molar-refractivity contribution >= 4 is 35.0 Å². The molecule has 3 aromatic rings. The summed E-state index contributed by atoms with van der Waals surface area (Å²) in [6.45, 7) is 0.213. The summed E-state index contributed by atoms with van der Waals surface area (Å²) in [4.78, 5) is 33.7. The molecule has 1 heterocycles. The number of nitriles is 1. The van der Waals surface area contributed by atoms with Crippen molar-refractivity contribution in [2.45, 2.75) is 19.4 Å². The van der Waals surface area contributed by atoms with Crippen molar-refractivity contribution in [1.82, 2.24) is 9.97 Å². The number of carbonyl (C=O) groups is 2. The normalized spacial score (nSPS) is 12.5. The standard InChI is InChI=1S/C23H20FN7O2/c24-16-4-1-3-14(9-16)11-27-21-19(20(26)32)12-28-23(30-21)29-17-5-2-6-18(10-17)31(13-25)22(33)15-7-8-15/h1-6,9-10,12,15H,7-8,11H2,(H2,26,32)(H2,27,28,29,30). The smallest absolute Gasteiger partial charge is 0.254 e. The molecule has 4 rings (SSSR count). The number of anilines is 4. The Morgan fingerprint density at radius 2 is 2.00 bits per heavy atom. The minimum Gasteiger partial charge on any atom is -0.365 e. The van der Waals surface area contributed by atoms with E-state index in [1.807, 2.05) is 6.19 Å². The fourth-order valence-corrected chi connectivity index (χ4v) is 3.19. The Kier molecular flexibility index (Phi) is 6.13. The number of rotatable bonds is 8. The fourth-order valence-electron chi connectivity index (χ4n) is 3.19. The van der Waals surface area contributed by atoms with Crippen LogP contribution in [0.5, 0.6) is 0 Å². The monoisotopic (exact) mass is 445 g/mol. The molecular formula is C23H20FN7O2. The van der Waals surface area contributed by atoms with Crippen LogP contribution >= 0.6 is 0 Å². The van der Waals surface area contributed by atoms with Crippen molar-refractivity contribution in [3.63, 3.8) is 0 Å². The van der Waals surface area contributed by atoms with Crippen LogP contribution < -0.4 is 21.3 Å². The van der Waals surface area contributed by atoms with E-state index in [0.717, 1.165) is 17.7 Å². The molecule has 0 spiro atoms. The van der Waals surface area contributed by atoms with Gasteiger partial charge in [0.05, 0.1) is 11.3 Å². The molecule has 166 valence electrons. The summed E-state index contributed by atoms with van der Waals surface area (Å²) in [5, 5.41) is 15.4. The second-order valence-corrected chi connectivity index (χ2v) is 7.53. The molecule has 1 aliphatic rings. The number of nitrogens with one attached hydrogen (secondary N) is 2. The quantitative estimate of drug-likeness (QED) is 0.357. The van der Waals surface area contributed by atoms with Crippen molar-refractivity contribution in [1.29, 1.82) is 5.26 Å². The van der Waals surface area contributed by atoms with Crippen LogP contribution in [-0.4, -0.2) is 21.8 Å². The Labute approximate surface area is 189 Å². The van der Waals surface area contributed by atoms with Gasteiger partial charge in [0.15, 0.2) is 6.19 Å². The maximum absolute atomic E-state index is 13.4. The number of benzene rings is 2. The van der Waals surface area contributed by atoms with E-state index in [2.05, 4.69) is 20.6 Å². The zero-order valence-electron chi connectivity index (χ0n) is 17.5. The largest absolute Gasteiger partial charge is 0.365 e. The maximum atomic E-state index is 13.4. The molecule has 1 saturated carbocycles. The van der Waals surface area contributed by atoms with E-state index in [9.17, 15) is 19.2 Å². The van der Waals surface area contributed by atoms with E-state index in [4.69, 9.17) is 5.73 Å². The molecule has 9 nitrogen and oxygen atoms in total. The lowest BCUT2D eigenvalue weighted by Gasteiger charge is -2.15. The molecule has 1 aromatic heterocycles. The summed E-state index contributed by atoms with van der Waals surface area (Å²) in [6.07, 6.45) is 4.80. The first-order chi connectivity index (χ1) is 15.9. The summed E-state index contributed by atoms with van der Waals surface area (Å²) in [6, 6.07) is 12.7. The van der Waals surface area contributed by atoms with Gasteiger partial charge in [-0.2, -0.15) is 10.2 Å². The number of aromatic nitrogens is 2. The lowest BCUT2D eigenvalue weighted by Crippen LogP contribution is -2.27. The summed E-state index contributed by atoms with van der Waals surface area (Å²) in [5.74, 6) is -1.06. The third kappa shape index (κ3) is 5.22. The van der Waals surface area contributed by atoms with Gasteiger partial charge in [-0.15, -0.1) is 0 Å². The minimum absolute atomic E-state index is 0.0800. The highest BCUT2D eigenvalue weighted by molar-refractivity contribution is 5.99. The highest BCUT2D eigenvalue weighted by Crippen LogP contribution is 2.33. The number of halogens is 1. The average Bonchev–Trinajstić information content (AvgIpc) is 3.64. The van der Waals surface area contributed by atoms with Crippen molar-refractivity contribution < 1.29 is 14.0 Å². The van der Waals surface area contributed by atoms with Gasteiger partial charge in [0.25, 0.3) is 5.91 Å². The number of hydrogen-bond donors (Lipinski definition) is 3. The van der Waals surface area contributed by atoms with Gasteiger partial charge in [-0.1, -0.05) is 18.2 Å². The second kappa shape index (κ2) is 9.32. The Bertz CT molecular complexity index is 1250. The van der Waals surface area contributed by atoms with Gasteiger partial charge in [0.2, 0.25) is 11.9 Å². The molecule has 0 bridgehead atoms. The highest BCUT2D eigenvalue weighted by Gasteiger charge is 2.34. The minimum atomic E-state index is -0.714. The van der Waals surface area contributed by atoms with Crippen LogP contribution in [0.1, 0.15) is 28.8 Å². The van der Waals surface area contributed by atoms with Crippen LogP contribution in [0.2, 0.25) is 0 Å².